The summed E-state index contributed by atoms with van der Waals surface area (Å²) >= 11 is 0. The van der Waals surface area contributed by atoms with E-state index < -0.39 is 22.2 Å². The van der Waals surface area contributed by atoms with Crippen molar-refractivity contribution >= 4 is 11.4 Å². The number of nitrogen functional groups attached to an aromatic ring is 1. The second kappa shape index (κ2) is 4.89. The molecule has 6 nitrogen and oxygen atoms in total. The molecule has 19 heavy (non-hydrogen) atoms. The number of nitro groups is 1. The summed E-state index contributed by atoms with van der Waals surface area (Å²) in [7, 11) is 0. The van der Waals surface area contributed by atoms with E-state index in [1.165, 1.54) is 18.2 Å². The van der Waals surface area contributed by atoms with Crippen LogP contribution in [0.4, 0.5) is 15.8 Å². The van der Waals surface area contributed by atoms with E-state index in [1.807, 2.05) is 0 Å². The molecule has 1 aromatic heterocycles. The predicted molar refractivity (Wildman–Crippen MR) is 66.5 cm³/mol. The molecule has 0 fully saturated rings. The number of halogens is 1. The highest BCUT2D eigenvalue weighted by atomic mass is 19.1. The third-order valence-corrected chi connectivity index (χ3v) is 2.45. The number of nitro benzene ring substituents is 1. The van der Waals surface area contributed by atoms with Gasteiger partial charge in [-0.1, -0.05) is 6.07 Å². The summed E-state index contributed by atoms with van der Waals surface area (Å²) in [5, 5.41) is 10.8. The summed E-state index contributed by atoms with van der Waals surface area (Å²) in [6.07, 6.45) is 0. The third-order valence-electron chi connectivity index (χ3n) is 2.45. The molecule has 1 heterocycles. The standard InChI is InChI=1S/C12H10FN3O3/c1-7-9(14)5-6-11(15-7)19-12-8(13)3-2-4-10(12)16(17)18/h2-6H,14H2,1H3. The van der Waals surface area contributed by atoms with Gasteiger partial charge in [0, 0.05) is 12.1 Å². The largest absolute Gasteiger partial charge is 0.429 e. The van der Waals surface area contributed by atoms with E-state index in [2.05, 4.69) is 4.98 Å². The molecule has 1 aromatic carbocycles. The number of nitrogens with two attached hydrogens (primary N) is 1. The van der Waals surface area contributed by atoms with Gasteiger partial charge in [-0.15, -0.1) is 0 Å². The van der Waals surface area contributed by atoms with Gasteiger partial charge < -0.3 is 10.5 Å². The number of aromatic nitrogens is 1. The van der Waals surface area contributed by atoms with Crippen LogP contribution in [0, 0.1) is 22.9 Å². The Morgan fingerprint density at radius 3 is 2.74 bits per heavy atom. The summed E-state index contributed by atoms with van der Waals surface area (Å²) in [4.78, 5) is 14.1. The van der Waals surface area contributed by atoms with Crippen molar-refractivity contribution in [1.82, 2.24) is 4.98 Å². The highest BCUT2D eigenvalue weighted by Crippen LogP contribution is 2.33. The van der Waals surface area contributed by atoms with Gasteiger partial charge in [0.2, 0.25) is 11.6 Å². The van der Waals surface area contributed by atoms with E-state index in [9.17, 15) is 14.5 Å². The van der Waals surface area contributed by atoms with Gasteiger partial charge >= 0.3 is 5.69 Å². The van der Waals surface area contributed by atoms with E-state index in [0.29, 0.717) is 11.4 Å². The summed E-state index contributed by atoms with van der Waals surface area (Å²) < 4.78 is 18.7. The fraction of sp³-hybridized carbons (Fsp3) is 0.0833. The van der Waals surface area contributed by atoms with E-state index in [1.54, 1.807) is 6.92 Å². The molecule has 0 atom stereocenters. The highest BCUT2D eigenvalue weighted by molar-refractivity contribution is 5.50. The summed E-state index contributed by atoms with van der Waals surface area (Å²) in [5.74, 6) is -1.26. The Hall–Kier alpha value is -2.70. The van der Waals surface area contributed by atoms with Crippen LogP contribution in [0.25, 0.3) is 0 Å². The average molecular weight is 263 g/mol. The third kappa shape index (κ3) is 2.59. The van der Waals surface area contributed by atoms with Crippen molar-refractivity contribution in [2.24, 2.45) is 0 Å². The molecule has 7 heteroatoms. The number of hydrogen-bond donors (Lipinski definition) is 1. The van der Waals surface area contributed by atoms with Crippen LogP contribution < -0.4 is 10.5 Å². The summed E-state index contributed by atoms with van der Waals surface area (Å²) in [6.45, 7) is 1.65. The normalized spacial score (nSPS) is 10.2. The van der Waals surface area contributed by atoms with Gasteiger partial charge in [-0.3, -0.25) is 10.1 Å². The lowest BCUT2D eigenvalue weighted by molar-refractivity contribution is -0.385. The number of aryl methyl sites for hydroxylation is 1. The smallest absolute Gasteiger partial charge is 0.314 e. The lowest BCUT2D eigenvalue weighted by Crippen LogP contribution is -1.99. The quantitative estimate of drug-likeness (QED) is 0.679. The van der Waals surface area contributed by atoms with Gasteiger partial charge in [-0.25, -0.2) is 9.37 Å². The molecule has 2 aromatic rings. The number of hydrogen-bond acceptors (Lipinski definition) is 5. The molecule has 0 aliphatic carbocycles. The van der Waals surface area contributed by atoms with Crippen LogP contribution in [-0.2, 0) is 0 Å². The first-order valence-corrected chi connectivity index (χ1v) is 5.33. The molecule has 0 aliphatic rings. The zero-order valence-electron chi connectivity index (χ0n) is 9.96. The van der Waals surface area contributed by atoms with E-state index in [0.717, 1.165) is 12.1 Å². The van der Waals surface area contributed by atoms with Crippen LogP contribution in [0.1, 0.15) is 5.69 Å². The SMILES string of the molecule is Cc1nc(Oc2c(F)cccc2[N+](=O)[O-])ccc1N. The van der Waals surface area contributed by atoms with Crippen LogP contribution in [0.3, 0.4) is 0 Å². The molecule has 0 saturated carbocycles. The Labute approximate surface area is 107 Å². The Kier molecular flexibility index (Phi) is 3.28. The molecule has 0 spiro atoms. The van der Waals surface area contributed by atoms with Crippen LogP contribution in [0.15, 0.2) is 30.3 Å². The first-order valence-electron chi connectivity index (χ1n) is 5.33. The first kappa shape index (κ1) is 12.7. The molecule has 0 unspecified atom stereocenters. The minimum Gasteiger partial charge on any atom is -0.429 e. The predicted octanol–water partition coefficient (Wildman–Crippen LogP) is 2.81. The maximum atomic E-state index is 13.6. The Balaban J connectivity index is 2.42. The molecular formula is C12H10FN3O3. The number of anilines is 1. The van der Waals surface area contributed by atoms with Crippen molar-refractivity contribution in [3.8, 4) is 11.6 Å². The summed E-state index contributed by atoms with van der Waals surface area (Å²) in [5.41, 5.74) is 6.08. The molecule has 0 saturated heterocycles. The molecule has 0 bridgehead atoms. The maximum Gasteiger partial charge on any atom is 0.314 e. The van der Waals surface area contributed by atoms with Crippen molar-refractivity contribution in [3.05, 3.63) is 52.0 Å². The lowest BCUT2D eigenvalue weighted by Gasteiger charge is -2.07. The van der Waals surface area contributed by atoms with Gasteiger partial charge in [0.05, 0.1) is 16.3 Å². The van der Waals surface area contributed by atoms with Crippen LogP contribution in [0.5, 0.6) is 11.6 Å². The summed E-state index contributed by atoms with van der Waals surface area (Å²) in [6, 6.07) is 6.42. The number of pyridine rings is 1. The van der Waals surface area contributed by atoms with Gasteiger partial charge in [0.15, 0.2) is 5.82 Å². The number of rotatable bonds is 3. The molecule has 2 N–H and O–H groups in total. The van der Waals surface area contributed by atoms with E-state index >= 15 is 0 Å². The fourth-order valence-electron chi connectivity index (χ4n) is 1.45. The highest BCUT2D eigenvalue weighted by Gasteiger charge is 2.20. The molecule has 0 radical (unpaired) electrons. The van der Waals surface area contributed by atoms with Crippen molar-refractivity contribution in [3.63, 3.8) is 0 Å². The monoisotopic (exact) mass is 263 g/mol. The topological polar surface area (TPSA) is 91.3 Å². The average Bonchev–Trinajstić information content (AvgIpc) is 2.36. The number of benzene rings is 1. The van der Waals surface area contributed by atoms with E-state index in [4.69, 9.17) is 10.5 Å². The van der Waals surface area contributed by atoms with Gasteiger partial charge in [0.25, 0.3) is 0 Å². The van der Waals surface area contributed by atoms with Crippen molar-refractivity contribution in [2.45, 2.75) is 6.92 Å². The molecular weight excluding hydrogens is 253 g/mol. The Morgan fingerprint density at radius 1 is 1.37 bits per heavy atom. The second-order valence-corrected chi connectivity index (χ2v) is 3.77. The zero-order chi connectivity index (χ0) is 14.0. The van der Waals surface area contributed by atoms with Gasteiger partial charge in [-0.2, -0.15) is 0 Å². The van der Waals surface area contributed by atoms with Crippen LogP contribution >= 0.6 is 0 Å². The first-order chi connectivity index (χ1) is 8.99. The Bertz CT molecular complexity index is 646. The molecule has 98 valence electrons. The van der Waals surface area contributed by atoms with E-state index in [-0.39, 0.29) is 5.88 Å². The van der Waals surface area contributed by atoms with Crippen LogP contribution in [-0.4, -0.2) is 9.91 Å². The minimum absolute atomic E-state index is 0.0416. The molecule has 2 rings (SSSR count). The van der Waals surface area contributed by atoms with Crippen molar-refractivity contribution in [1.29, 1.82) is 0 Å². The lowest BCUT2D eigenvalue weighted by atomic mass is 10.3. The van der Waals surface area contributed by atoms with Gasteiger partial charge in [-0.05, 0) is 19.1 Å². The Morgan fingerprint density at radius 2 is 2.11 bits per heavy atom. The number of nitrogens with zero attached hydrogens (tertiary/aromatic N) is 2. The fourth-order valence-corrected chi connectivity index (χ4v) is 1.45. The zero-order valence-corrected chi connectivity index (χ0v) is 9.96. The number of ether oxygens (including phenoxy) is 1. The van der Waals surface area contributed by atoms with Gasteiger partial charge in [0.1, 0.15) is 0 Å². The number of para-hydroxylation sites is 1. The second-order valence-electron chi connectivity index (χ2n) is 3.77. The maximum absolute atomic E-state index is 13.6. The van der Waals surface area contributed by atoms with Crippen molar-refractivity contribution < 1.29 is 14.1 Å². The van der Waals surface area contributed by atoms with Crippen LogP contribution in [0.2, 0.25) is 0 Å². The molecule has 0 aliphatic heterocycles. The minimum atomic E-state index is -0.828. The van der Waals surface area contributed by atoms with Crippen molar-refractivity contribution in [2.75, 3.05) is 5.73 Å². The molecule has 0 amide bonds.